The Balaban J connectivity index is 2.91. The van der Waals surface area contributed by atoms with Crippen LogP contribution in [-0.2, 0) is 4.79 Å². The van der Waals surface area contributed by atoms with Crippen molar-refractivity contribution in [3.63, 3.8) is 0 Å². The molecule has 88 valence electrons. The number of aliphatic carboxylic acids is 1. The van der Waals surface area contributed by atoms with Crippen molar-refractivity contribution < 1.29 is 9.90 Å². The number of halogens is 1. The number of hydrogen-bond acceptors (Lipinski definition) is 1. The van der Waals surface area contributed by atoms with E-state index in [4.69, 9.17) is 5.11 Å². The van der Waals surface area contributed by atoms with Crippen molar-refractivity contribution in [3.8, 4) is 0 Å². The Kier molecular flexibility index (Phi) is 5.00. The smallest absolute Gasteiger partial charge is 0.303 e. The zero-order chi connectivity index (χ0) is 12.1. The maximum atomic E-state index is 10.8. The lowest BCUT2D eigenvalue weighted by molar-refractivity contribution is -0.137. The van der Waals surface area contributed by atoms with Crippen LogP contribution in [0.1, 0.15) is 43.2 Å². The fourth-order valence-electron chi connectivity index (χ4n) is 1.81. The Morgan fingerprint density at radius 1 is 1.50 bits per heavy atom. The van der Waals surface area contributed by atoms with Crippen LogP contribution in [0.3, 0.4) is 0 Å². The Hall–Kier alpha value is -0.830. The van der Waals surface area contributed by atoms with E-state index in [1.807, 2.05) is 25.1 Å². The molecule has 0 spiro atoms. The summed E-state index contributed by atoms with van der Waals surface area (Å²) in [6.07, 6.45) is 2.13. The van der Waals surface area contributed by atoms with E-state index in [-0.39, 0.29) is 12.3 Å². The molecule has 0 bridgehead atoms. The summed E-state index contributed by atoms with van der Waals surface area (Å²) >= 11 is 3.48. The fraction of sp³-hybridized carbons (Fsp3) is 0.462. The molecule has 0 fully saturated rings. The summed E-state index contributed by atoms with van der Waals surface area (Å²) in [7, 11) is 0. The normalized spacial score (nSPS) is 12.4. The van der Waals surface area contributed by atoms with Crippen LogP contribution < -0.4 is 0 Å². The summed E-state index contributed by atoms with van der Waals surface area (Å²) in [6, 6.07) is 6.10. The third-order valence-corrected chi connectivity index (χ3v) is 3.58. The van der Waals surface area contributed by atoms with E-state index >= 15 is 0 Å². The van der Waals surface area contributed by atoms with Gasteiger partial charge in [-0.2, -0.15) is 0 Å². The third-order valence-electron chi connectivity index (χ3n) is 2.73. The molecule has 0 aliphatic heterocycles. The zero-order valence-electron chi connectivity index (χ0n) is 9.66. The van der Waals surface area contributed by atoms with E-state index in [1.165, 1.54) is 5.56 Å². The molecule has 0 amide bonds. The second kappa shape index (κ2) is 6.04. The first-order valence-corrected chi connectivity index (χ1v) is 6.31. The molecule has 1 aromatic rings. The second-order valence-corrected chi connectivity index (χ2v) is 4.95. The van der Waals surface area contributed by atoms with Gasteiger partial charge in [-0.3, -0.25) is 4.79 Å². The molecule has 0 aromatic heterocycles. The molecule has 0 aliphatic carbocycles. The van der Waals surface area contributed by atoms with Gasteiger partial charge in [0.1, 0.15) is 0 Å². The van der Waals surface area contributed by atoms with E-state index in [9.17, 15) is 4.79 Å². The average Bonchev–Trinajstić information content (AvgIpc) is 2.21. The van der Waals surface area contributed by atoms with Gasteiger partial charge in [0.2, 0.25) is 0 Å². The maximum Gasteiger partial charge on any atom is 0.303 e. The van der Waals surface area contributed by atoms with E-state index in [1.54, 1.807) is 0 Å². The summed E-state index contributed by atoms with van der Waals surface area (Å²) in [5.74, 6) is -0.602. The summed E-state index contributed by atoms with van der Waals surface area (Å²) in [6.45, 7) is 4.11. The summed E-state index contributed by atoms with van der Waals surface area (Å²) in [5, 5.41) is 8.88. The minimum absolute atomic E-state index is 0.124. The molecule has 1 rings (SSSR count). The van der Waals surface area contributed by atoms with Crippen molar-refractivity contribution in [2.24, 2.45) is 0 Å². The van der Waals surface area contributed by atoms with Crippen molar-refractivity contribution >= 4 is 21.9 Å². The maximum absolute atomic E-state index is 10.8. The number of benzene rings is 1. The molecular weight excluding hydrogens is 268 g/mol. The van der Waals surface area contributed by atoms with Crippen LogP contribution in [0.4, 0.5) is 0 Å². The van der Waals surface area contributed by atoms with Gasteiger partial charge in [-0.05, 0) is 36.5 Å². The van der Waals surface area contributed by atoms with Crippen molar-refractivity contribution in [1.29, 1.82) is 0 Å². The molecule has 1 aromatic carbocycles. The molecule has 3 heteroatoms. The van der Waals surface area contributed by atoms with Crippen LogP contribution in [0, 0.1) is 6.92 Å². The third kappa shape index (κ3) is 3.63. The van der Waals surface area contributed by atoms with Crippen LogP contribution in [0.2, 0.25) is 0 Å². The van der Waals surface area contributed by atoms with Gasteiger partial charge >= 0.3 is 5.97 Å². The Labute approximate surface area is 105 Å². The van der Waals surface area contributed by atoms with Gasteiger partial charge in [0.05, 0.1) is 6.42 Å². The van der Waals surface area contributed by atoms with Crippen LogP contribution in [-0.4, -0.2) is 11.1 Å². The standard InChI is InChI=1S/C13H17BrO2/c1-3-4-10(8-13(15)16)11-6-5-9(2)12(14)7-11/h5-7,10H,3-4,8H2,1-2H3,(H,15,16). The molecule has 16 heavy (non-hydrogen) atoms. The Morgan fingerprint density at radius 3 is 2.69 bits per heavy atom. The molecule has 0 heterocycles. The highest BCUT2D eigenvalue weighted by Gasteiger charge is 2.15. The number of aryl methyl sites for hydroxylation is 1. The largest absolute Gasteiger partial charge is 0.481 e. The number of carboxylic acids is 1. The average molecular weight is 285 g/mol. The second-order valence-electron chi connectivity index (χ2n) is 4.09. The highest BCUT2D eigenvalue weighted by Crippen LogP contribution is 2.28. The summed E-state index contributed by atoms with van der Waals surface area (Å²) in [5.41, 5.74) is 2.29. The Bertz CT molecular complexity index is 374. The molecule has 2 nitrogen and oxygen atoms in total. The van der Waals surface area contributed by atoms with Crippen LogP contribution in [0.15, 0.2) is 22.7 Å². The monoisotopic (exact) mass is 284 g/mol. The quantitative estimate of drug-likeness (QED) is 0.883. The Morgan fingerprint density at radius 2 is 2.19 bits per heavy atom. The minimum Gasteiger partial charge on any atom is -0.481 e. The van der Waals surface area contributed by atoms with Gasteiger partial charge in [-0.1, -0.05) is 41.4 Å². The van der Waals surface area contributed by atoms with Crippen LogP contribution in [0.25, 0.3) is 0 Å². The minimum atomic E-state index is -0.727. The molecule has 1 N–H and O–H groups in total. The van der Waals surface area contributed by atoms with Crippen molar-refractivity contribution in [2.75, 3.05) is 0 Å². The predicted molar refractivity (Wildman–Crippen MR) is 68.8 cm³/mol. The zero-order valence-corrected chi connectivity index (χ0v) is 11.3. The van der Waals surface area contributed by atoms with E-state index < -0.39 is 5.97 Å². The molecule has 1 unspecified atom stereocenters. The van der Waals surface area contributed by atoms with E-state index in [2.05, 4.69) is 22.9 Å². The molecule has 0 aliphatic rings. The van der Waals surface area contributed by atoms with Gasteiger partial charge in [-0.15, -0.1) is 0 Å². The number of carboxylic acid groups (broad SMARTS) is 1. The van der Waals surface area contributed by atoms with Gasteiger partial charge in [0.15, 0.2) is 0 Å². The topological polar surface area (TPSA) is 37.3 Å². The van der Waals surface area contributed by atoms with Gasteiger partial charge in [0, 0.05) is 4.47 Å². The predicted octanol–water partition coefficient (Wildman–Crippen LogP) is 4.12. The van der Waals surface area contributed by atoms with E-state index in [0.29, 0.717) is 0 Å². The van der Waals surface area contributed by atoms with E-state index in [0.717, 1.165) is 22.9 Å². The first-order chi connectivity index (χ1) is 7.54. The molecule has 0 radical (unpaired) electrons. The van der Waals surface area contributed by atoms with Gasteiger partial charge in [-0.25, -0.2) is 0 Å². The first kappa shape index (κ1) is 13.2. The van der Waals surface area contributed by atoms with Crippen LogP contribution in [0.5, 0.6) is 0 Å². The lowest BCUT2D eigenvalue weighted by Gasteiger charge is -2.15. The van der Waals surface area contributed by atoms with Gasteiger partial charge < -0.3 is 5.11 Å². The molecule has 0 saturated carbocycles. The lowest BCUT2D eigenvalue weighted by atomic mass is 9.91. The molecule has 0 saturated heterocycles. The highest BCUT2D eigenvalue weighted by molar-refractivity contribution is 9.10. The highest BCUT2D eigenvalue weighted by atomic mass is 79.9. The molecule has 1 atom stereocenters. The van der Waals surface area contributed by atoms with Crippen molar-refractivity contribution in [2.45, 2.75) is 39.0 Å². The lowest BCUT2D eigenvalue weighted by Crippen LogP contribution is -2.06. The molecular formula is C13H17BrO2. The number of rotatable bonds is 5. The van der Waals surface area contributed by atoms with Crippen molar-refractivity contribution in [1.82, 2.24) is 0 Å². The van der Waals surface area contributed by atoms with Crippen molar-refractivity contribution in [3.05, 3.63) is 33.8 Å². The number of hydrogen-bond donors (Lipinski definition) is 1. The number of carbonyl (C=O) groups is 1. The SMILES string of the molecule is CCCC(CC(=O)O)c1ccc(C)c(Br)c1. The van der Waals surface area contributed by atoms with Gasteiger partial charge in [0.25, 0.3) is 0 Å². The summed E-state index contributed by atoms with van der Waals surface area (Å²) < 4.78 is 1.05. The first-order valence-electron chi connectivity index (χ1n) is 5.52. The fourth-order valence-corrected chi connectivity index (χ4v) is 2.21. The van der Waals surface area contributed by atoms with Crippen LogP contribution >= 0.6 is 15.9 Å². The summed E-state index contributed by atoms with van der Waals surface area (Å²) in [4.78, 5) is 10.8.